The van der Waals surface area contributed by atoms with Crippen molar-refractivity contribution >= 4 is 34.2 Å². The fourth-order valence-corrected chi connectivity index (χ4v) is 3.39. The molecule has 0 spiro atoms. The lowest BCUT2D eigenvalue weighted by atomic mass is 10.1. The minimum absolute atomic E-state index is 0.0752. The lowest BCUT2D eigenvalue weighted by molar-refractivity contribution is -0.151. The summed E-state index contributed by atoms with van der Waals surface area (Å²) < 4.78 is 10.4. The molecule has 2 amide bonds. The van der Waals surface area contributed by atoms with Gasteiger partial charge in [0, 0.05) is 18.7 Å². The van der Waals surface area contributed by atoms with Crippen LogP contribution in [0.4, 0.5) is 5.69 Å². The summed E-state index contributed by atoms with van der Waals surface area (Å²) in [6.07, 6.45) is 1.61. The number of hydrogen-bond acceptors (Lipinski definition) is 5. The Hall–Kier alpha value is -3.61. The molecule has 3 aromatic rings. The normalized spacial score (nSPS) is 16.2. The van der Waals surface area contributed by atoms with Crippen LogP contribution in [0.5, 0.6) is 0 Å². The highest BCUT2D eigenvalue weighted by molar-refractivity contribution is 5.96. The van der Waals surface area contributed by atoms with Gasteiger partial charge in [0.15, 0.2) is 6.61 Å². The van der Waals surface area contributed by atoms with E-state index in [9.17, 15) is 14.4 Å². The predicted octanol–water partition coefficient (Wildman–Crippen LogP) is 2.96. The molecule has 1 aromatic heterocycles. The van der Waals surface area contributed by atoms with Crippen LogP contribution in [0.2, 0.25) is 0 Å². The van der Waals surface area contributed by atoms with Crippen molar-refractivity contribution in [3.05, 3.63) is 66.6 Å². The van der Waals surface area contributed by atoms with E-state index in [1.807, 2.05) is 36.4 Å². The van der Waals surface area contributed by atoms with Crippen LogP contribution in [0.1, 0.15) is 12.2 Å². The molecule has 1 N–H and O–H groups in total. The molecule has 0 unspecified atom stereocenters. The van der Waals surface area contributed by atoms with E-state index in [-0.39, 0.29) is 18.9 Å². The monoisotopic (exact) mass is 392 g/mol. The van der Waals surface area contributed by atoms with Crippen molar-refractivity contribution in [1.29, 1.82) is 0 Å². The van der Waals surface area contributed by atoms with Gasteiger partial charge in [0.05, 0.1) is 18.7 Å². The second kappa shape index (κ2) is 8.18. The molecule has 1 fully saturated rings. The Morgan fingerprint density at radius 2 is 1.93 bits per heavy atom. The number of fused-ring (bicyclic) bond motifs is 1. The number of likely N-dealkylation sites (tertiary alicyclic amines) is 1. The quantitative estimate of drug-likeness (QED) is 0.652. The summed E-state index contributed by atoms with van der Waals surface area (Å²) in [5, 5.41) is 4.80. The van der Waals surface area contributed by atoms with E-state index in [2.05, 4.69) is 5.32 Å². The second-order valence-electron chi connectivity index (χ2n) is 6.97. The molecule has 0 saturated carbocycles. The first kappa shape index (κ1) is 18.7. The van der Waals surface area contributed by atoms with Crippen LogP contribution >= 0.6 is 0 Å². The molecule has 1 saturated heterocycles. The third-order valence-corrected chi connectivity index (χ3v) is 4.85. The van der Waals surface area contributed by atoms with Crippen molar-refractivity contribution in [2.75, 3.05) is 18.5 Å². The van der Waals surface area contributed by atoms with Gasteiger partial charge in [-0.05, 0) is 35.0 Å². The van der Waals surface area contributed by atoms with Crippen LogP contribution in [0.25, 0.3) is 10.8 Å². The summed E-state index contributed by atoms with van der Waals surface area (Å²) in [6.45, 7) is 0.178. The van der Waals surface area contributed by atoms with Gasteiger partial charge in [-0.1, -0.05) is 30.3 Å². The zero-order chi connectivity index (χ0) is 20.2. The van der Waals surface area contributed by atoms with Gasteiger partial charge in [0.2, 0.25) is 5.91 Å². The summed E-state index contributed by atoms with van der Waals surface area (Å²) in [7, 11) is 0. The molecule has 1 atom stereocenters. The Bertz CT molecular complexity index is 1040. The summed E-state index contributed by atoms with van der Waals surface area (Å²) in [4.78, 5) is 38.1. The average molecular weight is 392 g/mol. The van der Waals surface area contributed by atoms with E-state index in [0.29, 0.717) is 18.0 Å². The van der Waals surface area contributed by atoms with Gasteiger partial charge in [-0.15, -0.1) is 0 Å². The molecular formula is C22H20N2O5. The number of anilines is 1. The number of nitrogens with one attached hydrogen (secondary N) is 1. The highest BCUT2D eigenvalue weighted by atomic mass is 16.5. The Morgan fingerprint density at radius 1 is 1.10 bits per heavy atom. The molecule has 1 aliphatic heterocycles. The minimum atomic E-state index is -0.578. The number of carbonyl (C=O) groups is 3. The smallest absolute Gasteiger partial charge is 0.311 e. The first-order valence-electron chi connectivity index (χ1n) is 9.34. The van der Waals surface area contributed by atoms with E-state index in [1.54, 1.807) is 23.1 Å². The highest BCUT2D eigenvalue weighted by Crippen LogP contribution is 2.22. The first-order chi connectivity index (χ1) is 14.1. The molecule has 2 heterocycles. The fourth-order valence-electron chi connectivity index (χ4n) is 3.39. The number of benzene rings is 2. The highest BCUT2D eigenvalue weighted by Gasteiger charge is 2.35. The third-order valence-electron chi connectivity index (χ3n) is 4.85. The molecule has 29 heavy (non-hydrogen) atoms. The molecule has 148 valence electrons. The average Bonchev–Trinajstić information content (AvgIpc) is 3.36. The van der Waals surface area contributed by atoms with E-state index >= 15 is 0 Å². The Labute approximate surface area is 167 Å². The van der Waals surface area contributed by atoms with Gasteiger partial charge >= 0.3 is 5.97 Å². The standard InChI is InChI=1S/C22H20N2O5/c25-20(23-18-8-7-15-4-1-2-5-16(15)10-18)14-29-22(27)17-11-21(26)24(12-17)13-19-6-3-9-28-19/h1-10,17H,11-14H2,(H,23,25)/t17-/m1/s1. The van der Waals surface area contributed by atoms with Crippen molar-refractivity contribution in [3.63, 3.8) is 0 Å². The van der Waals surface area contributed by atoms with Crippen LogP contribution in [-0.4, -0.2) is 35.8 Å². The number of furan rings is 1. The summed E-state index contributed by atoms with van der Waals surface area (Å²) in [5.74, 6) is -1.03. The summed E-state index contributed by atoms with van der Waals surface area (Å²) in [5.41, 5.74) is 0.630. The van der Waals surface area contributed by atoms with E-state index in [4.69, 9.17) is 9.15 Å². The number of ether oxygens (including phenoxy) is 1. The number of nitrogens with zero attached hydrogens (tertiary/aromatic N) is 1. The number of carbonyl (C=O) groups excluding carboxylic acids is 3. The summed E-state index contributed by atoms with van der Waals surface area (Å²) >= 11 is 0. The second-order valence-corrected chi connectivity index (χ2v) is 6.97. The molecule has 0 bridgehead atoms. The van der Waals surface area contributed by atoms with Gasteiger partial charge in [0.25, 0.3) is 5.91 Å². The molecular weight excluding hydrogens is 372 g/mol. The van der Waals surface area contributed by atoms with Gasteiger partial charge in [0.1, 0.15) is 5.76 Å². The number of hydrogen-bond donors (Lipinski definition) is 1. The molecule has 0 radical (unpaired) electrons. The van der Waals surface area contributed by atoms with E-state index in [1.165, 1.54) is 6.26 Å². The van der Waals surface area contributed by atoms with Gasteiger partial charge in [-0.25, -0.2) is 0 Å². The fraction of sp³-hybridized carbons (Fsp3) is 0.227. The predicted molar refractivity (Wildman–Crippen MR) is 106 cm³/mol. The van der Waals surface area contributed by atoms with Crippen LogP contribution < -0.4 is 5.32 Å². The lowest BCUT2D eigenvalue weighted by Crippen LogP contribution is -2.28. The Balaban J connectivity index is 1.27. The van der Waals surface area contributed by atoms with Crippen molar-refractivity contribution in [1.82, 2.24) is 4.90 Å². The minimum Gasteiger partial charge on any atom is -0.467 e. The zero-order valence-electron chi connectivity index (χ0n) is 15.7. The van der Waals surface area contributed by atoms with Crippen LogP contribution in [-0.2, 0) is 25.7 Å². The third kappa shape index (κ3) is 4.45. The summed E-state index contributed by atoms with van der Waals surface area (Å²) in [6, 6.07) is 16.9. The molecule has 0 aliphatic carbocycles. The Kier molecular flexibility index (Phi) is 5.29. The van der Waals surface area contributed by atoms with Crippen LogP contribution in [0, 0.1) is 5.92 Å². The van der Waals surface area contributed by atoms with Crippen molar-refractivity contribution < 1.29 is 23.5 Å². The topological polar surface area (TPSA) is 88.9 Å². The number of esters is 1. The van der Waals surface area contributed by atoms with Crippen LogP contribution in [0.3, 0.4) is 0 Å². The maximum atomic E-state index is 12.3. The van der Waals surface area contributed by atoms with Crippen LogP contribution in [0.15, 0.2) is 65.3 Å². The molecule has 7 nitrogen and oxygen atoms in total. The van der Waals surface area contributed by atoms with Gasteiger partial charge < -0.3 is 19.4 Å². The zero-order valence-corrected chi connectivity index (χ0v) is 15.7. The van der Waals surface area contributed by atoms with Crippen molar-refractivity contribution in [2.45, 2.75) is 13.0 Å². The van der Waals surface area contributed by atoms with Gasteiger partial charge in [-0.3, -0.25) is 14.4 Å². The first-order valence-corrected chi connectivity index (χ1v) is 9.34. The van der Waals surface area contributed by atoms with E-state index < -0.39 is 24.4 Å². The molecule has 4 rings (SSSR count). The molecule has 7 heteroatoms. The number of rotatable bonds is 6. The number of amides is 2. The van der Waals surface area contributed by atoms with E-state index in [0.717, 1.165) is 10.8 Å². The molecule has 2 aromatic carbocycles. The van der Waals surface area contributed by atoms with Crippen molar-refractivity contribution in [2.24, 2.45) is 5.92 Å². The maximum Gasteiger partial charge on any atom is 0.311 e. The maximum absolute atomic E-state index is 12.3. The SMILES string of the molecule is O=C(COC(=O)[C@@H]1CC(=O)N(Cc2ccco2)C1)Nc1ccc2ccccc2c1. The lowest BCUT2D eigenvalue weighted by Gasteiger charge is -2.14. The largest absolute Gasteiger partial charge is 0.467 e. The van der Waals surface area contributed by atoms with Crippen molar-refractivity contribution in [3.8, 4) is 0 Å². The Morgan fingerprint density at radius 3 is 2.72 bits per heavy atom. The van der Waals surface area contributed by atoms with Gasteiger partial charge in [-0.2, -0.15) is 0 Å². The molecule has 1 aliphatic rings.